The summed E-state index contributed by atoms with van der Waals surface area (Å²) >= 11 is 0. The molecule has 7 atom stereocenters. The summed E-state index contributed by atoms with van der Waals surface area (Å²) in [5.74, 6) is -0.145. The van der Waals surface area contributed by atoms with Crippen LogP contribution in [0.4, 0.5) is 0 Å². The lowest BCUT2D eigenvalue weighted by Gasteiger charge is -2.40. The van der Waals surface area contributed by atoms with Crippen molar-refractivity contribution in [3.05, 3.63) is 85.1 Å². The molecule has 9 nitrogen and oxygen atoms in total. The second-order valence-corrected chi connectivity index (χ2v) is 26.1. The number of aliphatic hydroxyl groups excluding tert-OH is 5. The Bertz CT molecular complexity index is 1670. The largest absolute Gasteiger partial charge is 0.394 e. The number of ether oxygens (including phenoxy) is 2. The highest BCUT2D eigenvalue weighted by atomic mass is 16.7. The van der Waals surface area contributed by atoms with Gasteiger partial charge < -0.3 is 40.3 Å². The molecule has 1 aliphatic heterocycles. The maximum atomic E-state index is 13.2. The molecule has 1 aliphatic rings. The summed E-state index contributed by atoms with van der Waals surface area (Å²) in [6.45, 7) is 3.77. The second-order valence-electron chi connectivity index (χ2n) is 26.1. The summed E-state index contributed by atoms with van der Waals surface area (Å²) in [5, 5.41) is 55.0. The highest BCUT2D eigenvalue weighted by molar-refractivity contribution is 5.76. The number of rotatable bonds is 66. The molecule has 9 heteroatoms. The maximum absolute atomic E-state index is 13.2. The Morgan fingerprint density at radius 3 is 1.05 bits per heavy atom. The molecule has 0 radical (unpaired) electrons. The van der Waals surface area contributed by atoms with Gasteiger partial charge in [0.15, 0.2) is 6.29 Å². The van der Waals surface area contributed by atoms with E-state index in [0.29, 0.717) is 12.8 Å². The molecule has 1 rings (SSSR count). The molecular weight excluding hydrogens is 1090 g/mol. The van der Waals surface area contributed by atoms with E-state index in [2.05, 4.69) is 104 Å². The van der Waals surface area contributed by atoms with Gasteiger partial charge in [-0.1, -0.05) is 362 Å². The number of hydrogen-bond donors (Lipinski definition) is 6. The normalized spacial score (nSPS) is 18.4. The van der Waals surface area contributed by atoms with Crippen LogP contribution in [-0.4, -0.2) is 87.5 Å². The molecule has 0 spiro atoms. The van der Waals surface area contributed by atoms with Crippen LogP contribution in [0.5, 0.6) is 0 Å². The van der Waals surface area contributed by atoms with Crippen molar-refractivity contribution >= 4 is 5.91 Å². The fourth-order valence-corrected chi connectivity index (χ4v) is 11.9. The van der Waals surface area contributed by atoms with Crippen LogP contribution in [0.15, 0.2) is 85.1 Å². The molecule has 6 N–H and O–H groups in total. The highest BCUT2D eigenvalue weighted by Gasteiger charge is 2.44. The Morgan fingerprint density at radius 1 is 0.398 bits per heavy atom. The zero-order valence-corrected chi connectivity index (χ0v) is 57.5. The smallest absolute Gasteiger partial charge is 0.220 e. The zero-order chi connectivity index (χ0) is 63.5. The number of amides is 1. The Morgan fingerprint density at radius 2 is 0.705 bits per heavy atom. The van der Waals surface area contributed by atoms with Crippen molar-refractivity contribution < 1.29 is 39.8 Å². The van der Waals surface area contributed by atoms with Crippen molar-refractivity contribution in [2.45, 2.75) is 397 Å². The standard InChI is InChI=1S/C79H143NO8/c1-3-5-7-9-11-13-15-17-19-21-23-25-27-29-31-33-35-37-39-41-43-45-47-49-51-53-55-57-59-61-63-65-67-69-75(83)80-72(71-87-79-78(86)77(85)76(84)74(70-81)88-79)73(82)68-66-64-62-60-58-56-54-52-50-48-46-44-42-40-38-36-34-32-30-28-26-24-22-20-18-16-14-12-10-8-6-4-2/h5,7,11,13,17,19,23,25,29,31,35,37,41,43,72-74,76-79,81-82,84-86H,3-4,6,8-10,12,14-16,18,20-22,24,26-28,30,32-34,36,38-40,42,44-71H2,1-2H3,(H,80,83)/b7-5-,13-11-,19-17-,25-23-,31-29-,37-35-,43-41-. The minimum atomic E-state index is -1.56. The maximum Gasteiger partial charge on any atom is 0.220 e. The van der Waals surface area contributed by atoms with Crippen molar-refractivity contribution in [2.75, 3.05) is 13.2 Å². The summed E-state index contributed by atoms with van der Waals surface area (Å²) in [7, 11) is 0. The number of allylic oxidation sites excluding steroid dienone is 14. The summed E-state index contributed by atoms with van der Waals surface area (Å²) in [4.78, 5) is 13.2. The number of carbonyl (C=O) groups excluding carboxylic acids is 1. The fourth-order valence-electron chi connectivity index (χ4n) is 11.9. The number of aliphatic hydroxyl groups is 5. The van der Waals surface area contributed by atoms with E-state index in [1.165, 1.54) is 238 Å². The van der Waals surface area contributed by atoms with E-state index in [0.717, 1.165) is 89.9 Å². The van der Waals surface area contributed by atoms with Crippen LogP contribution in [0.1, 0.15) is 354 Å². The molecule has 0 aromatic rings. The molecule has 1 heterocycles. The van der Waals surface area contributed by atoms with E-state index >= 15 is 0 Å². The molecule has 1 saturated heterocycles. The lowest BCUT2D eigenvalue weighted by atomic mass is 9.99. The third kappa shape index (κ3) is 55.0. The van der Waals surface area contributed by atoms with E-state index in [4.69, 9.17) is 9.47 Å². The number of nitrogens with one attached hydrogen (secondary N) is 1. The number of unbranched alkanes of at least 4 members (excludes halogenated alkanes) is 42. The molecule has 0 aromatic carbocycles. The van der Waals surface area contributed by atoms with E-state index in [1.807, 2.05) is 0 Å². The predicted molar refractivity (Wildman–Crippen MR) is 378 cm³/mol. The molecule has 88 heavy (non-hydrogen) atoms. The molecule has 512 valence electrons. The van der Waals surface area contributed by atoms with Gasteiger partial charge in [0.05, 0.1) is 25.4 Å². The predicted octanol–water partition coefficient (Wildman–Crippen LogP) is 21.3. The number of carbonyl (C=O) groups is 1. The lowest BCUT2D eigenvalue weighted by molar-refractivity contribution is -0.302. The van der Waals surface area contributed by atoms with Gasteiger partial charge >= 0.3 is 0 Å². The third-order valence-electron chi connectivity index (χ3n) is 17.8. The van der Waals surface area contributed by atoms with Gasteiger partial charge in [-0.25, -0.2) is 0 Å². The van der Waals surface area contributed by atoms with Crippen molar-refractivity contribution in [1.82, 2.24) is 5.32 Å². The average Bonchev–Trinajstić information content (AvgIpc) is 3.65. The van der Waals surface area contributed by atoms with E-state index in [9.17, 15) is 30.3 Å². The van der Waals surface area contributed by atoms with Gasteiger partial charge in [-0.3, -0.25) is 4.79 Å². The van der Waals surface area contributed by atoms with Gasteiger partial charge in [0, 0.05) is 6.42 Å². The molecule has 0 saturated carbocycles. The van der Waals surface area contributed by atoms with Gasteiger partial charge in [0.2, 0.25) is 5.91 Å². The van der Waals surface area contributed by atoms with Crippen molar-refractivity contribution in [3.8, 4) is 0 Å². The summed E-state index contributed by atoms with van der Waals surface area (Å²) < 4.78 is 11.4. The van der Waals surface area contributed by atoms with Gasteiger partial charge in [0.25, 0.3) is 0 Å². The SMILES string of the molecule is CC/C=C\C/C=C\C/C=C\C/C=C\C/C=C\C/C=C\C/C=C\CCCCCCCCCCCCCC(=O)NC(COC1OC(CO)C(O)C(O)C1O)C(O)CCCCCCCCCCCCCCCCCCCCCCCCCCCCCCCCCC. The molecule has 0 aliphatic carbocycles. The molecular formula is C79H143NO8. The van der Waals surface area contributed by atoms with E-state index < -0.39 is 49.5 Å². The van der Waals surface area contributed by atoms with Gasteiger partial charge in [-0.15, -0.1) is 0 Å². The Labute approximate surface area is 543 Å². The zero-order valence-electron chi connectivity index (χ0n) is 57.5. The summed E-state index contributed by atoms with van der Waals surface area (Å²) in [6, 6.07) is -0.728. The van der Waals surface area contributed by atoms with E-state index in [-0.39, 0.29) is 12.5 Å². The monoisotopic (exact) mass is 1230 g/mol. The van der Waals surface area contributed by atoms with Crippen molar-refractivity contribution in [1.29, 1.82) is 0 Å². The van der Waals surface area contributed by atoms with Crippen LogP contribution >= 0.6 is 0 Å². The molecule has 7 unspecified atom stereocenters. The lowest BCUT2D eigenvalue weighted by Crippen LogP contribution is -2.60. The van der Waals surface area contributed by atoms with Gasteiger partial charge in [-0.05, 0) is 70.6 Å². The second kappa shape index (κ2) is 67.3. The van der Waals surface area contributed by atoms with Gasteiger partial charge in [0.1, 0.15) is 24.4 Å². The number of hydrogen-bond acceptors (Lipinski definition) is 8. The molecule has 1 amide bonds. The fraction of sp³-hybridized carbons (Fsp3) is 0.810. The first-order valence-electron chi connectivity index (χ1n) is 37.8. The van der Waals surface area contributed by atoms with Crippen LogP contribution in [0.25, 0.3) is 0 Å². The molecule has 1 fully saturated rings. The first kappa shape index (κ1) is 83.4. The Hall–Kier alpha value is -2.63. The Balaban J connectivity index is 2.10. The first-order valence-corrected chi connectivity index (χ1v) is 37.8. The van der Waals surface area contributed by atoms with E-state index in [1.54, 1.807) is 0 Å². The van der Waals surface area contributed by atoms with Crippen LogP contribution in [0.3, 0.4) is 0 Å². The molecule has 0 aromatic heterocycles. The molecule has 0 bridgehead atoms. The van der Waals surface area contributed by atoms with Crippen LogP contribution < -0.4 is 5.32 Å². The van der Waals surface area contributed by atoms with Crippen molar-refractivity contribution in [2.24, 2.45) is 0 Å². The summed E-state index contributed by atoms with van der Waals surface area (Å²) in [5.41, 5.74) is 0. The van der Waals surface area contributed by atoms with Crippen molar-refractivity contribution in [3.63, 3.8) is 0 Å². The first-order chi connectivity index (χ1) is 43.3. The summed E-state index contributed by atoms with van der Waals surface area (Å²) in [6.07, 6.45) is 89.5. The quantitative estimate of drug-likeness (QED) is 0.0261. The minimum Gasteiger partial charge on any atom is -0.394 e. The highest BCUT2D eigenvalue weighted by Crippen LogP contribution is 2.24. The van der Waals surface area contributed by atoms with Gasteiger partial charge in [-0.2, -0.15) is 0 Å². The van der Waals surface area contributed by atoms with Crippen LogP contribution in [0, 0.1) is 0 Å². The van der Waals surface area contributed by atoms with Crippen LogP contribution in [0.2, 0.25) is 0 Å². The third-order valence-corrected chi connectivity index (χ3v) is 17.8. The van der Waals surface area contributed by atoms with Crippen LogP contribution in [-0.2, 0) is 14.3 Å². The Kier molecular flexibility index (Phi) is 63.7. The average molecular weight is 1240 g/mol. The topological polar surface area (TPSA) is 149 Å². The minimum absolute atomic E-state index is 0.141.